The highest BCUT2D eigenvalue weighted by atomic mass is 19.1. The Hall–Kier alpha value is -1.42. The summed E-state index contributed by atoms with van der Waals surface area (Å²) >= 11 is 0. The van der Waals surface area contributed by atoms with Gasteiger partial charge in [0.25, 0.3) is 0 Å². The van der Waals surface area contributed by atoms with Crippen molar-refractivity contribution in [2.24, 2.45) is 0 Å². The van der Waals surface area contributed by atoms with Gasteiger partial charge in [-0.05, 0) is 31.8 Å². The molecule has 1 aromatic rings. The molecule has 0 bridgehead atoms. The minimum atomic E-state index is -0.943. The van der Waals surface area contributed by atoms with E-state index in [1.165, 1.54) is 24.3 Å². The molecule has 0 fully saturated rings. The Labute approximate surface area is 81.8 Å². The van der Waals surface area contributed by atoms with Gasteiger partial charge in [-0.15, -0.1) is 0 Å². The van der Waals surface area contributed by atoms with Crippen molar-refractivity contribution in [2.45, 2.75) is 6.04 Å². The molecule has 1 atom stereocenters. The molecule has 4 heteroatoms. The third-order valence-electron chi connectivity index (χ3n) is 1.94. The van der Waals surface area contributed by atoms with Crippen molar-refractivity contribution in [3.63, 3.8) is 0 Å². The van der Waals surface area contributed by atoms with E-state index in [-0.39, 0.29) is 5.82 Å². The van der Waals surface area contributed by atoms with Gasteiger partial charge in [0.15, 0.2) is 0 Å². The summed E-state index contributed by atoms with van der Waals surface area (Å²) in [4.78, 5) is 12.5. The molecular formula is C10H12FNO2. The van der Waals surface area contributed by atoms with E-state index in [1.54, 1.807) is 19.0 Å². The van der Waals surface area contributed by atoms with Crippen molar-refractivity contribution < 1.29 is 14.3 Å². The zero-order chi connectivity index (χ0) is 10.7. The maximum Gasteiger partial charge on any atom is 0.325 e. The standard InChI is InChI=1S/C10H12FNO2/c1-12(2)9(10(13)14)7-3-5-8(11)6-4-7/h3-6,9H,1-2H3,(H,13,14). The van der Waals surface area contributed by atoms with Crippen molar-refractivity contribution in [3.8, 4) is 0 Å². The average molecular weight is 197 g/mol. The Morgan fingerprint density at radius 2 is 1.86 bits per heavy atom. The number of hydrogen-bond acceptors (Lipinski definition) is 2. The van der Waals surface area contributed by atoms with Crippen LogP contribution in [0.2, 0.25) is 0 Å². The number of carboxylic acids is 1. The van der Waals surface area contributed by atoms with E-state index < -0.39 is 12.0 Å². The van der Waals surface area contributed by atoms with Crippen LogP contribution in [0.25, 0.3) is 0 Å². The van der Waals surface area contributed by atoms with Gasteiger partial charge in [-0.2, -0.15) is 0 Å². The second-order valence-electron chi connectivity index (χ2n) is 3.26. The Morgan fingerprint density at radius 1 is 1.36 bits per heavy atom. The zero-order valence-corrected chi connectivity index (χ0v) is 8.07. The highest BCUT2D eigenvalue weighted by molar-refractivity contribution is 5.75. The number of carbonyl (C=O) groups is 1. The van der Waals surface area contributed by atoms with E-state index in [9.17, 15) is 9.18 Å². The number of halogens is 1. The third-order valence-corrected chi connectivity index (χ3v) is 1.94. The lowest BCUT2D eigenvalue weighted by molar-refractivity contribution is -0.142. The number of rotatable bonds is 3. The topological polar surface area (TPSA) is 40.5 Å². The average Bonchev–Trinajstić information content (AvgIpc) is 2.07. The van der Waals surface area contributed by atoms with Crippen LogP contribution in [0.3, 0.4) is 0 Å². The maximum absolute atomic E-state index is 12.6. The van der Waals surface area contributed by atoms with E-state index in [0.717, 1.165) is 0 Å². The molecule has 0 aliphatic rings. The molecule has 3 nitrogen and oxygen atoms in total. The lowest BCUT2D eigenvalue weighted by atomic mass is 10.1. The predicted molar refractivity (Wildman–Crippen MR) is 50.5 cm³/mol. The Bertz CT molecular complexity index is 321. The molecule has 1 unspecified atom stereocenters. The predicted octanol–water partition coefficient (Wildman–Crippen LogP) is 1.51. The molecule has 0 amide bonds. The Balaban J connectivity index is 3.00. The normalized spacial score (nSPS) is 12.9. The van der Waals surface area contributed by atoms with Crippen LogP contribution in [0.15, 0.2) is 24.3 Å². The maximum atomic E-state index is 12.6. The molecule has 0 saturated heterocycles. The van der Waals surface area contributed by atoms with Gasteiger partial charge in [-0.3, -0.25) is 9.69 Å². The van der Waals surface area contributed by atoms with Crippen molar-refractivity contribution in [1.82, 2.24) is 4.90 Å². The van der Waals surface area contributed by atoms with Crippen molar-refractivity contribution in [3.05, 3.63) is 35.6 Å². The first-order chi connectivity index (χ1) is 6.52. The number of aliphatic carboxylic acids is 1. The highest BCUT2D eigenvalue weighted by Crippen LogP contribution is 2.18. The fourth-order valence-electron chi connectivity index (χ4n) is 1.31. The summed E-state index contributed by atoms with van der Waals surface area (Å²) in [6.07, 6.45) is 0. The van der Waals surface area contributed by atoms with E-state index in [1.807, 2.05) is 0 Å². The summed E-state index contributed by atoms with van der Waals surface area (Å²) in [7, 11) is 3.34. The summed E-state index contributed by atoms with van der Waals surface area (Å²) in [5.41, 5.74) is 0.573. The van der Waals surface area contributed by atoms with E-state index >= 15 is 0 Å². The quantitative estimate of drug-likeness (QED) is 0.798. The van der Waals surface area contributed by atoms with Crippen LogP contribution < -0.4 is 0 Å². The van der Waals surface area contributed by atoms with Gasteiger partial charge in [0.1, 0.15) is 11.9 Å². The molecule has 0 aliphatic carbocycles. The smallest absolute Gasteiger partial charge is 0.325 e. The summed E-state index contributed by atoms with van der Waals surface area (Å²) in [5.74, 6) is -1.31. The minimum Gasteiger partial charge on any atom is -0.480 e. The molecule has 0 heterocycles. The number of nitrogens with zero attached hydrogens (tertiary/aromatic N) is 1. The molecule has 0 saturated carbocycles. The molecule has 1 N–H and O–H groups in total. The number of likely N-dealkylation sites (N-methyl/N-ethyl adjacent to an activating group) is 1. The fraction of sp³-hybridized carbons (Fsp3) is 0.300. The Kier molecular flexibility index (Phi) is 3.19. The van der Waals surface area contributed by atoms with Crippen LogP contribution in [0.4, 0.5) is 4.39 Å². The number of hydrogen-bond donors (Lipinski definition) is 1. The monoisotopic (exact) mass is 197 g/mol. The SMILES string of the molecule is CN(C)C(C(=O)O)c1ccc(F)cc1. The Morgan fingerprint density at radius 3 is 2.21 bits per heavy atom. The van der Waals surface area contributed by atoms with Gasteiger partial charge < -0.3 is 5.11 Å². The lowest BCUT2D eigenvalue weighted by Crippen LogP contribution is -2.27. The molecule has 0 aromatic heterocycles. The summed E-state index contributed by atoms with van der Waals surface area (Å²) in [5, 5.41) is 8.93. The first kappa shape index (κ1) is 10.7. The largest absolute Gasteiger partial charge is 0.480 e. The van der Waals surface area contributed by atoms with E-state index in [4.69, 9.17) is 5.11 Å². The summed E-state index contributed by atoms with van der Waals surface area (Å²) in [6.45, 7) is 0. The number of carboxylic acid groups (broad SMARTS) is 1. The van der Waals surface area contributed by atoms with Gasteiger partial charge in [-0.1, -0.05) is 12.1 Å². The van der Waals surface area contributed by atoms with Gasteiger partial charge in [0.05, 0.1) is 0 Å². The second-order valence-corrected chi connectivity index (χ2v) is 3.26. The van der Waals surface area contributed by atoms with Crippen molar-refractivity contribution in [2.75, 3.05) is 14.1 Å². The summed E-state index contributed by atoms with van der Waals surface area (Å²) < 4.78 is 12.6. The molecular weight excluding hydrogens is 185 g/mol. The number of benzene rings is 1. The molecule has 0 radical (unpaired) electrons. The van der Waals surface area contributed by atoms with Crippen LogP contribution >= 0.6 is 0 Å². The van der Waals surface area contributed by atoms with Gasteiger partial charge in [0.2, 0.25) is 0 Å². The zero-order valence-electron chi connectivity index (χ0n) is 8.07. The van der Waals surface area contributed by atoms with E-state index in [2.05, 4.69) is 0 Å². The van der Waals surface area contributed by atoms with Crippen LogP contribution in [-0.4, -0.2) is 30.1 Å². The fourth-order valence-corrected chi connectivity index (χ4v) is 1.31. The molecule has 76 valence electrons. The summed E-state index contributed by atoms with van der Waals surface area (Å²) in [6, 6.07) is 4.75. The molecule has 0 spiro atoms. The van der Waals surface area contributed by atoms with Crippen molar-refractivity contribution in [1.29, 1.82) is 0 Å². The second kappa shape index (κ2) is 4.19. The van der Waals surface area contributed by atoms with Gasteiger partial charge in [0, 0.05) is 0 Å². The van der Waals surface area contributed by atoms with Crippen LogP contribution in [0, 0.1) is 5.82 Å². The minimum absolute atomic E-state index is 0.364. The molecule has 1 rings (SSSR count). The highest BCUT2D eigenvalue weighted by Gasteiger charge is 2.21. The van der Waals surface area contributed by atoms with Gasteiger partial charge >= 0.3 is 5.97 Å². The lowest BCUT2D eigenvalue weighted by Gasteiger charge is -2.20. The van der Waals surface area contributed by atoms with Crippen LogP contribution in [-0.2, 0) is 4.79 Å². The van der Waals surface area contributed by atoms with Gasteiger partial charge in [-0.25, -0.2) is 4.39 Å². The molecule has 1 aromatic carbocycles. The molecule has 0 aliphatic heterocycles. The van der Waals surface area contributed by atoms with E-state index in [0.29, 0.717) is 5.56 Å². The first-order valence-electron chi connectivity index (χ1n) is 4.17. The molecule has 14 heavy (non-hydrogen) atoms. The van der Waals surface area contributed by atoms with Crippen molar-refractivity contribution >= 4 is 5.97 Å². The van der Waals surface area contributed by atoms with Crippen LogP contribution in [0.1, 0.15) is 11.6 Å². The van der Waals surface area contributed by atoms with Crippen LogP contribution in [0.5, 0.6) is 0 Å². The first-order valence-corrected chi connectivity index (χ1v) is 4.17. The third kappa shape index (κ3) is 2.29.